The van der Waals surface area contributed by atoms with Crippen LogP contribution in [-0.2, 0) is 22.7 Å². The van der Waals surface area contributed by atoms with Crippen LogP contribution in [-0.4, -0.2) is 41.7 Å². The molecule has 2 aliphatic heterocycles. The van der Waals surface area contributed by atoms with Gasteiger partial charge in [-0.25, -0.2) is 0 Å². The maximum Gasteiger partial charge on any atom is 0.223 e. The Kier molecular flexibility index (Phi) is 5.30. The van der Waals surface area contributed by atoms with E-state index in [2.05, 4.69) is 17.0 Å². The van der Waals surface area contributed by atoms with Gasteiger partial charge in [0, 0.05) is 13.2 Å². The van der Waals surface area contributed by atoms with Gasteiger partial charge in [-0.05, 0) is 49.4 Å². The summed E-state index contributed by atoms with van der Waals surface area (Å²) in [5, 5.41) is 9.09. The molecule has 2 fully saturated rings. The zero-order valence-corrected chi connectivity index (χ0v) is 13.5. The minimum atomic E-state index is -0.209. The van der Waals surface area contributed by atoms with Crippen molar-refractivity contribution in [3.63, 3.8) is 0 Å². The van der Waals surface area contributed by atoms with Gasteiger partial charge in [-0.3, -0.25) is 9.69 Å². The summed E-state index contributed by atoms with van der Waals surface area (Å²) >= 11 is 0. The number of nitrogens with two attached hydrogens (primary N) is 1. The summed E-state index contributed by atoms with van der Waals surface area (Å²) in [5.41, 5.74) is 7.72. The monoisotopic (exact) mass is 318 g/mol. The third-order valence-corrected chi connectivity index (χ3v) is 5.21. The summed E-state index contributed by atoms with van der Waals surface area (Å²) in [5.74, 6) is 0.138. The molecule has 0 spiro atoms. The number of piperidine rings is 1. The van der Waals surface area contributed by atoms with Crippen LogP contribution >= 0.6 is 0 Å². The smallest absolute Gasteiger partial charge is 0.223 e. The van der Waals surface area contributed by atoms with E-state index in [1.54, 1.807) is 0 Å². The molecule has 3 rings (SSSR count). The number of nitrogens with zero attached hydrogens (tertiary/aromatic N) is 1. The number of hydrogen-bond donors (Lipinski definition) is 2. The average Bonchev–Trinajstić information content (AvgIpc) is 3.06. The summed E-state index contributed by atoms with van der Waals surface area (Å²) in [6.07, 6.45) is 2.92. The van der Waals surface area contributed by atoms with Crippen LogP contribution in [0.5, 0.6) is 0 Å². The fourth-order valence-corrected chi connectivity index (χ4v) is 3.83. The van der Waals surface area contributed by atoms with E-state index in [-0.39, 0.29) is 24.5 Å². The van der Waals surface area contributed by atoms with Gasteiger partial charge < -0.3 is 15.6 Å². The van der Waals surface area contributed by atoms with Gasteiger partial charge in [-0.15, -0.1) is 0 Å². The molecule has 0 unspecified atom stereocenters. The second kappa shape index (κ2) is 7.43. The summed E-state index contributed by atoms with van der Waals surface area (Å²) in [6, 6.07) is 8.12. The molecule has 2 atom stereocenters. The van der Waals surface area contributed by atoms with Gasteiger partial charge in [0.2, 0.25) is 5.91 Å². The Morgan fingerprint density at radius 2 is 1.83 bits per heavy atom. The Morgan fingerprint density at radius 3 is 2.43 bits per heavy atom. The van der Waals surface area contributed by atoms with E-state index in [1.165, 1.54) is 5.56 Å². The molecule has 0 bridgehead atoms. The molecule has 0 aromatic heterocycles. The number of primary amides is 1. The van der Waals surface area contributed by atoms with Crippen LogP contribution < -0.4 is 5.73 Å². The SMILES string of the molecule is NC(=O)[C@H]1CCO[C@@H]1C1CCN(Cc2ccc(CO)cc2)CC1. The van der Waals surface area contributed by atoms with Crippen molar-refractivity contribution in [1.82, 2.24) is 4.90 Å². The lowest BCUT2D eigenvalue weighted by molar-refractivity contribution is -0.124. The first-order valence-corrected chi connectivity index (χ1v) is 8.49. The molecule has 3 N–H and O–H groups in total. The minimum Gasteiger partial charge on any atom is -0.392 e. The van der Waals surface area contributed by atoms with Gasteiger partial charge in [-0.2, -0.15) is 0 Å². The Labute approximate surface area is 137 Å². The third-order valence-electron chi connectivity index (χ3n) is 5.21. The Bertz CT molecular complexity index is 524. The molecule has 1 aromatic carbocycles. The van der Waals surface area contributed by atoms with Crippen LogP contribution in [0.4, 0.5) is 0 Å². The first kappa shape index (κ1) is 16.4. The van der Waals surface area contributed by atoms with Gasteiger partial charge >= 0.3 is 0 Å². The molecular weight excluding hydrogens is 292 g/mol. The number of aliphatic hydroxyl groups excluding tert-OH is 1. The molecule has 2 heterocycles. The lowest BCUT2D eigenvalue weighted by atomic mass is 9.84. The van der Waals surface area contributed by atoms with Crippen molar-refractivity contribution in [2.75, 3.05) is 19.7 Å². The van der Waals surface area contributed by atoms with Crippen molar-refractivity contribution < 1.29 is 14.6 Å². The van der Waals surface area contributed by atoms with Crippen LogP contribution in [0.2, 0.25) is 0 Å². The van der Waals surface area contributed by atoms with Crippen LogP contribution in [0.3, 0.4) is 0 Å². The van der Waals surface area contributed by atoms with Crippen molar-refractivity contribution in [2.24, 2.45) is 17.6 Å². The van der Waals surface area contributed by atoms with Crippen LogP contribution in [0.1, 0.15) is 30.4 Å². The molecule has 1 amide bonds. The minimum absolute atomic E-state index is 0.0264. The Balaban J connectivity index is 1.51. The average molecular weight is 318 g/mol. The van der Waals surface area contributed by atoms with E-state index in [1.807, 2.05) is 12.1 Å². The van der Waals surface area contributed by atoms with Gasteiger partial charge in [0.15, 0.2) is 0 Å². The molecule has 1 aromatic rings. The standard InChI is InChI=1S/C18H26N2O3/c19-18(22)16-7-10-23-17(16)15-5-8-20(9-6-15)11-13-1-3-14(12-21)4-2-13/h1-4,15-17,21H,5-12H2,(H2,19,22)/t16-,17+/m0/s1. The molecule has 5 heteroatoms. The molecule has 0 radical (unpaired) electrons. The molecule has 23 heavy (non-hydrogen) atoms. The van der Waals surface area contributed by atoms with Crippen LogP contribution in [0, 0.1) is 11.8 Å². The summed E-state index contributed by atoms with van der Waals surface area (Å²) in [4.78, 5) is 14.0. The molecule has 126 valence electrons. The second-order valence-electron chi connectivity index (χ2n) is 6.72. The maximum atomic E-state index is 11.5. The van der Waals surface area contributed by atoms with E-state index in [0.29, 0.717) is 12.5 Å². The Morgan fingerprint density at radius 1 is 1.17 bits per heavy atom. The van der Waals surface area contributed by atoms with Gasteiger partial charge in [0.05, 0.1) is 18.6 Å². The zero-order chi connectivity index (χ0) is 16.2. The van der Waals surface area contributed by atoms with E-state index in [4.69, 9.17) is 15.6 Å². The highest BCUT2D eigenvalue weighted by atomic mass is 16.5. The number of likely N-dealkylation sites (tertiary alicyclic amines) is 1. The van der Waals surface area contributed by atoms with Gasteiger partial charge in [0.1, 0.15) is 0 Å². The number of carbonyl (C=O) groups is 1. The van der Waals surface area contributed by atoms with E-state index in [0.717, 1.165) is 44.5 Å². The molecule has 2 aliphatic rings. The maximum absolute atomic E-state index is 11.5. The van der Waals surface area contributed by atoms with Crippen molar-refractivity contribution in [3.8, 4) is 0 Å². The molecule has 2 saturated heterocycles. The van der Waals surface area contributed by atoms with Crippen LogP contribution in [0.25, 0.3) is 0 Å². The molecular formula is C18H26N2O3. The van der Waals surface area contributed by atoms with E-state index in [9.17, 15) is 4.79 Å². The first-order valence-electron chi connectivity index (χ1n) is 8.49. The fourth-order valence-electron chi connectivity index (χ4n) is 3.83. The number of rotatable bonds is 5. The predicted octanol–water partition coefficient (Wildman–Crippen LogP) is 1.28. The summed E-state index contributed by atoms with van der Waals surface area (Å²) < 4.78 is 5.80. The summed E-state index contributed by atoms with van der Waals surface area (Å²) in [6.45, 7) is 3.74. The van der Waals surface area contributed by atoms with Crippen molar-refractivity contribution in [2.45, 2.75) is 38.5 Å². The normalized spacial score (nSPS) is 26.5. The van der Waals surface area contributed by atoms with E-state index < -0.39 is 0 Å². The van der Waals surface area contributed by atoms with Crippen LogP contribution in [0.15, 0.2) is 24.3 Å². The number of amides is 1. The highest BCUT2D eigenvalue weighted by Crippen LogP contribution is 2.33. The highest BCUT2D eigenvalue weighted by molar-refractivity contribution is 5.77. The number of hydrogen-bond acceptors (Lipinski definition) is 4. The number of ether oxygens (including phenoxy) is 1. The number of aliphatic hydroxyl groups is 1. The molecule has 0 aliphatic carbocycles. The Hall–Kier alpha value is -1.43. The quantitative estimate of drug-likeness (QED) is 0.857. The van der Waals surface area contributed by atoms with Crippen molar-refractivity contribution in [3.05, 3.63) is 35.4 Å². The van der Waals surface area contributed by atoms with Crippen molar-refractivity contribution >= 4 is 5.91 Å². The van der Waals surface area contributed by atoms with Crippen molar-refractivity contribution in [1.29, 1.82) is 0 Å². The topological polar surface area (TPSA) is 75.8 Å². The fraction of sp³-hybridized carbons (Fsp3) is 0.611. The summed E-state index contributed by atoms with van der Waals surface area (Å²) in [7, 11) is 0. The molecule has 5 nitrogen and oxygen atoms in total. The zero-order valence-electron chi connectivity index (χ0n) is 13.5. The van der Waals surface area contributed by atoms with E-state index >= 15 is 0 Å². The number of carbonyl (C=O) groups excluding carboxylic acids is 1. The number of benzene rings is 1. The highest BCUT2D eigenvalue weighted by Gasteiger charge is 2.39. The predicted molar refractivity (Wildman–Crippen MR) is 87.4 cm³/mol. The molecule has 0 saturated carbocycles. The third kappa shape index (κ3) is 3.91. The van der Waals surface area contributed by atoms with Gasteiger partial charge in [0.25, 0.3) is 0 Å². The second-order valence-corrected chi connectivity index (χ2v) is 6.72. The largest absolute Gasteiger partial charge is 0.392 e. The first-order chi connectivity index (χ1) is 11.2. The lowest BCUT2D eigenvalue weighted by Crippen LogP contribution is -2.41. The van der Waals surface area contributed by atoms with Gasteiger partial charge in [-0.1, -0.05) is 24.3 Å². The lowest BCUT2D eigenvalue weighted by Gasteiger charge is -2.35.